The molecule has 0 saturated carbocycles. The van der Waals surface area contributed by atoms with Gasteiger partial charge in [0.15, 0.2) is 0 Å². The number of benzene rings is 1. The third kappa shape index (κ3) is 1.99. The van der Waals surface area contributed by atoms with E-state index in [0.717, 1.165) is 5.69 Å². The summed E-state index contributed by atoms with van der Waals surface area (Å²) in [5.74, 6) is 0.525. The van der Waals surface area contributed by atoms with Gasteiger partial charge in [-0.1, -0.05) is 18.2 Å². The Bertz CT molecular complexity index is 322. The van der Waals surface area contributed by atoms with Crippen LogP contribution in [0.4, 0.5) is 11.6 Å². The fourth-order valence-electron chi connectivity index (χ4n) is 0.895. The third-order valence-corrected chi connectivity index (χ3v) is 1.45. The number of nitrogens with one attached hydrogen (secondary N) is 1. The molecule has 0 unspecified atom stereocenters. The number of nitrogens with zero attached hydrogens (tertiary/aromatic N) is 3. The van der Waals surface area contributed by atoms with Crippen molar-refractivity contribution >= 4 is 11.6 Å². The number of hydrogen-bond donors (Lipinski definition) is 1. The maximum absolute atomic E-state index is 3.92. The summed E-state index contributed by atoms with van der Waals surface area (Å²) in [6, 6.07) is 10.5. The molecule has 4 nitrogen and oxygen atoms in total. The minimum absolute atomic E-state index is 0.525. The molecule has 1 heterocycles. The van der Waals surface area contributed by atoms with E-state index in [2.05, 4.69) is 26.3 Å². The molecule has 2 aromatic rings. The summed E-state index contributed by atoms with van der Waals surface area (Å²) in [4.78, 5) is 11.6. The van der Waals surface area contributed by atoms with Gasteiger partial charge in [0.05, 0.1) is 0 Å². The molecule has 1 N–H and O–H groups in total. The van der Waals surface area contributed by atoms with E-state index >= 15 is 0 Å². The van der Waals surface area contributed by atoms with Crippen LogP contribution in [0.1, 0.15) is 0 Å². The van der Waals surface area contributed by atoms with Crippen LogP contribution in [0.5, 0.6) is 0 Å². The van der Waals surface area contributed by atoms with Crippen LogP contribution in [0.25, 0.3) is 0 Å². The molecular formula is C9H7N4. The van der Waals surface area contributed by atoms with Crippen molar-refractivity contribution in [2.24, 2.45) is 0 Å². The van der Waals surface area contributed by atoms with E-state index in [1.165, 1.54) is 12.7 Å². The quantitative estimate of drug-likeness (QED) is 0.742. The Morgan fingerprint density at radius 3 is 2.69 bits per heavy atom. The second-order valence-electron chi connectivity index (χ2n) is 2.36. The number of rotatable bonds is 2. The number of hydrogen-bond acceptors (Lipinski definition) is 4. The zero-order chi connectivity index (χ0) is 8.93. The first-order valence-corrected chi connectivity index (χ1v) is 3.81. The van der Waals surface area contributed by atoms with Crippen molar-refractivity contribution in [3.8, 4) is 0 Å². The lowest BCUT2D eigenvalue weighted by Gasteiger charge is -2.01. The Morgan fingerprint density at radius 1 is 1.15 bits per heavy atom. The summed E-state index contributed by atoms with van der Waals surface area (Å²) < 4.78 is 0. The zero-order valence-corrected chi connectivity index (χ0v) is 6.81. The molecule has 0 amide bonds. The van der Waals surface area contributed by atoms with Gasteiger partial charge in [0.2, 0.25) is 5.95 Å². The predicted octanol–water partition coefficient (Wildman–Crippen LogP) is 1.42. The second kappa shape index (κ2) is 3.62. The van der Waals surface area contributed by atoms with Gasteiger partial charge in [0.25, 0.3) is 0 Å². The highest BCUT2D eigenvalue weighted by molar-refractivity contribution is 5.50. The van der Waals surface area contributed by atoms with Crippen LogP contribution in [0, 0.1) is 6.07 Å². The number of para-hydroxylation sites is 1. The fourth-order valence-corrected chi connectivity index (χ4v) is 0.895. The molecule has 0 aliphatic rings. The lowest BCUT2D eigenvalue weighted by Crippen LogP contribution is -1.96. The van der Waals surface area contributed by atoms with Crippen molar-refractivity contribution in [3.05, 3.63) is 43.0 Å². The molecule has 0 bridgehead atoms. The van der Waals surface area contributed by atoms with Crippen LogP contribution in [0.15, 0.2) is 36.9 Å². The first-order valence-electron chi connectivity index (χ1n) is 3.81. The van der Waals surface area contributed by atoms with Crippen molar-refractivity contribution in [3.63, 3.8) is 0 Å². The maximum Gasteiger partial charge on any atom is 0.230 e. The Hall–Kier alpha value is -1.97. The van der Waals surface area contributed by atoms with Crippen LogP contribution < -0.4 is 5.32 Å². The Kier molecular flexibility index (Phi) is 2.14. The van der Waals surface area contributed by atoms with E-state index in [1.807, 2.05) is 24.3 Å². The van der Waals surface area contributed by atoms with Gasteiger partial charge in [0, 0.05) is 11.8 Å². The normalized spacial score (nSPS) is 9.54. The number of anilines is 2. The van der Waals surface area contributed by atoms with E-state index in [-0.39, 0.29) is 0 Å². The van der Waals surface area contributed by atoms with Crippen molar-refractivity contribution in [2.75, 3.05) is 5.32 Å². The smallest absolute Gasteiger partial charge is 0.230 e. The van der Waals surface area contributed by atoms with E-state index in [0.29, 0.717) is 5.95 Å². The molecular weight excluding hydrogens is 164 g/mol. The molecule has 0 aliphatic heterocycles. The molecule has 0 fully saturated rings. The molecule has 1 aromatic carbocycles. The minimum Gasteiger partial charge on any atom is -0.324 e. The summed E-state index contributed by atoms with van der Waals surface area (Å²) in [6.07, 6.45) is 2.89. The van der Waals surface area contributed by atoms with Crippen LogP contribution in [0.2, 0.25) is 0 Å². The van der Waals surface area contributed by atoms with Gasteiger partial charge in [-0.2, -0.15) is 0 Å². The second-order valence-corrected chi connectivity index (χ2v) is 2.36. The van der Waals surface area contributed by atoms with Gasteiger partial charge in [-0.05, 0) is 6.07 Å². The molecule has 0 aliphatic carbocycles. The lowest BCUT2D eigenvalue weighted by atomic mass is 10.3. The van der Waals surface area contributed by atoms with Gasteiger partial charge in [-0.3, -0.25) is 0 Å². The predicted molar refractivity (Wildman–Crippen MR) is 48.4 cm³/mol. The maximum atomic E-state index is 3.92. The minimum atomic E-state index is 0.525. The monoisotopic (exact) mass is 171 g/mol. The molecule has 4 heteroatoms. The van der Waals surface area contributed by atoms with Gasteiger partial charge in [0.1, 0.15) is 12.7 Å². The topological polar surface area (TPSA) is 50.7 Å². The fraction of sp³-hybridized carbons (Fsp3) is 0. The lowest BCUT2D eigenvalue weighted by molar-refractivity contribution is 1.05. The van der Waals surface area contributed by atoms with Crippen LogP contribution >= 0.6 is 0 Å². The van der Waals surface area contributed by atoms with Crippen molar-refractivity contribution in [1.82, 2.24) is 15.0 Å². The van der Waals surface area contributed by atoms with E-state index in [9.17, 15) is 0 Å². The first-order chi connectivity index (χ1) is 6.45. The van der Waals surface area contributed by atoms with Gasteiger partial charge in [-0.15, -0.1) is 0 Å². The van der Waals surface area contributed by atoms with E-state index in [1.54, 1.807) is 0 Å². The highest BCUT2D eigenvalue weighted by Gasteiger charge is 1.93. The molecule has 1 aromatic heterocycles. The van der Waals surface area contributed by atoms with Crippen LogP contribution in [0.3, 0.4) is 0 Å². The summed E-state index contributed by atoms with van der Waals surface area (Å²) in [5.41, 5.74) is 0.841. The molecule has 0 saturated heterocycles. The average Bonchev–Trinajstić information content (AvgIpc) is 2.21. The summed E-state index contributed by atoms with van der Waals surface area (Å²) >= 11 is 0. The highest BCUT2D eigenvalue weighted by Crippen LogP contribution is 2.08. The zero-order valence-electron chi connectivity index (χ0n) is 6.81. The van der Waals surface area contributed by atoms with E-state index < -0.39 is 0 Å². The number of aromatic nitrogens is 3. The summed E-state index contributed by atoms with van der Waals surface area (Å²) in [7, 11) is 0. The van der Waals surface area contributed by atoms with Gasteiger partial charge in [-0.25, -0.2) is 15.0 Å². The summed E-state index contributed by atoms with van der Waals surface area (Å²) in [5, 5.41) is 2.99. The first kappa shape index (κ1) is 7.67. The van der Waals surface area contributed by atoms with Crippen LogP contribution in [-0.4, -0.2) is 15.0 Å². The van der Waals surface area contributed by atoms with Gasteiger partial charge < -0.3 is 5.32 Å². The standard InChI is InChI=1S/C9H7N4/c1-2-4-8(5-3-1)13-9-11-6-10-7-12-9/h1-4,6-7H,(H,10,11,12,13). The molecule has 13 heavy (non-hydrogen) atoms. The SMILES string of the molecule is [c]1ccccc1Nc1ncncn1. The molecule has 2 rings (SSSR count). The molecule has 0 atom stereocenters. The summed E-state index contributed by atoms with van der Waals surface area (Å²) in [6.45, 7) is 0. The van der Waals surface area contributed by atoms with E-state index in [4.69, 9.17) is 0 Å². The Labute approximate surface area is 75.7 Å². The van der Waals surface area contributed by atoms with Crippen molar-refractivity contribution in [1.29, 1.82) is 0 Å². The average molecular weight is 171 g/mol. The molecule has 1 radical (unpaired) electrons. The largest absolute Gasteiger partial charge is 0.324 e. The van der Waals surface area contributed by atoms with Crippen LogP contribution in [-0.2, 0) is 0 Å². The highest BCUT2D eigenvalue weighted by atomic mass is 15.1. The molecule has 0 spiro atoms. The Morgan fingerprint density at radius 2 is 2.00 bits per heavy atom. The van der Waals surface area contributed by atoms with Crippen molar-refractivity contribution < 1.29 is 0 Å². The molecule has 63 valence electrons. The Balaban J connectivity index is 2.16. The van der Waals surface area contributed by atoms with Gasteiger partial charge >= 0.3 is 0 Å². The van der Waals surface area contributed by atoms with Crippen molar-refractivity contribution in [2.45, 2.75) is 0 Å². The third-order valence-electron chi connectivity index (χ3n) is 1.45.